The molecule has 0 saturated heterocycles. The fraction of sp³-hybridized carbons (Fsp3) is 0.611. The lowest BCUT2D eigenvalue weighted by Gasteiger charge is -2.36. The number of ether oxygens (including phenoxy) is 1. The number of hydrogen-bond donors (Lipinski definition) is 1. The molecule has 1 aliphatic rings. The lowest BCUT2D eigenvalue weighted by molar-refractivity contribution is -0.170. The summed E-state index contributed by atoms with van der Waals surface area (Å²) in [7, 11) is -2.53. The minimum atomic E-state index is -4.53. The first kappa shape index (κ1) is 22.6. The van der Waals surface area contributed by atoms with Crippen molar-refractivity contribution < 1.29 is 36.2 Å². The van der Waals surface area contributed by atoms with Gasteiger partial charge in [0.25, 0.3) is 0 Å². The van der Waals surface area contributed by atoms with Crippen molar-refractivity contribution in [3.05, 3.63) is 29.8 Å². The fourth-order valence-electron chi connectivity index (χ4n) is 3.17. The Balaban J connectivity index is 2.04. The molecular formula is C18H24F3NO5S. The van der Waals surface area contributed by atoms with Crippen LogP contribution in [0.4, 0.5) is 13.2 Å². The van der Waals surface area contributed by atoms with E-state index in [-0.39, 0.29) is 17.0 Å². The van der Waals surface area contributed by atoms with Gasteiger partial charge in [-0.2, -0.15) is 17.5 Å². The zero-order chi connectivity index (χ0) is 21.3. The summed E-state index contributed by atoms with van der Waals surface area (Å²) in [5, 5.41) is 9.13. The van der Waals surface area contributed by atoms with Gasteiger partial charge < -0.3 is 9.84 Å². The highest BCUT2D eigenvalue weighted by molar-refractivity contribution is 7.89. The van der Waals surface area contributed by atoms with E-state index in [0.29, 0.717) is 25.7 Å². The van der Waals surface area contributed by atoms with Crippen LogP contribution in [0.1, 0.15) is 45.1 Å². The number of halogens is 3. The van der Waals surface area contributed by atoms with Crippen molar-refractivity contribution in [1.82, 2.24) is 4.31 Å². The standard InChI is InChI=1S/C18H24F3NO5S/c1-17(2,16(23)24)27-14-8-6-13(7-9-14)22(3)28(25,26)15-10-4-12(5-11-15)18(19,20)21/h4-5,10-11,13-14H,6-9H2,1-3H3,(H,23,24). The Hall–Kier alpha value is -1.65. The van der Waals surface area contributed by atoms with E-state index in [1.54, 1.807) is 0 Å². The Bertz CT molecular complexity index is 798. The van der Waals surface area contributed by atoms with E-state index in [1.165, 1.54) is 25.2 Å². The average Bonchev–Trinajstić information content (AvgIpc) is 2.60. The van der Waals surface area contributed by atoms with E-state index in [2.05, 4.69) is 0 Å². The van der Waals surface area contributed by atoms with Crippen LogP contribution in [-0.4, -0.2) is 48.6 Å². The molecule has 1 N–H and O–H groups in total. The predicted molar refractivity (Wildman–Crippen MR) is 95.2 cm³/mol. The third-order valence-corrected chi connectivity index (χ3v) is 6.92. The van der Waals surface area contributed by atoms with Crippen molar-refractivity contribution in [2.45, 2.75) is 68.3 Å². The van der Waals surface area contributed by atoms with Gasteiger partial charge in [-0.05, 0) is 63.8 Å². The molecule has 28 heavy (non-hydrogen) atoms. The van der Waals surface area contributed by atoms with E-state index < -0.39 is 33.3 Å². The minimum Gasteiger partial charge on any atom is -0.479 e. The molecule has 0 atom stereocenters. The molecule has 1 aliphatic carbocycles. The number of rotatable bonds is 6. The van der Waals surface area contributed by atoms with E-state index >= 15 is 0 Å². The lowest BCUT2D eigenvalue weighted by atomic mass is 9.92. The van der Waals surface area contributed by atoms with Gasteiger partial charge in [0.1, 0.15) is 0 Å². The normalized spacial score (nSPS) is 21.7. The van der Waals surface area contributed by atoms with Gasteiger partial charge in [0.2, 0.25) is 10.0 Å². The van der Waals surface area contributed by atoms with Crippen LogP contribution in [0.2, 0.25) is 0 Å². The molecule has 0 unspecified atom stereocenters. The Morgan fingerprint density at radius 1 is 1.11 bits per heavy atom. The zero-order valence-corrected chi connectivity index (χ0v) is 16.7. The van der Waals surface area contributed by atoms with Crippen LogP contribution in [0, 0.1) is 0 Å². The number of alkyl halides is 3. The van der Waals surface area contributed by atoms with E-state index in [4.69, 9.17) is 9.84 Å². The summed E-state index contributed by atoms with van der Waals surface area (Å²) in [6, 6.07) is 3.08. The maximum absolute atomic E-state index is 12.7. The molecule has 158 valence electrons. The van der Waals surface area contributed by atoms with Crippen molar-refractivity contribution in [3.63, 3.8) is 0 Å². The first-order valence-corrected chi connectivity index (χ1v) is 10.3. The molecule has 1 fully saturated rings. The quantitative estimate of drug-likeness (QED) is 0.757. The molecule has 0 amide bonds. The van der Waals surface area contributed by atoms with Gasteiger partial charge in [0.15, 0.2) is 5.60 Å². The van der Waals surface area contributed by atoms with Crippen LogP contribution < -0.4 is 0 Å². The zero-order valence-electron chi connectivity index (χ0n) is 15.9. The summed E-state index contributed by atoms with van der Waals surface area (Å²) in [6.45, 7) is 2.92. The number of nitrogens with zero attached hydrogens (tertiary/aromatic N) is 1. The van der Waals surface area contributed by atoms with Crippen molar-refractivity contribution in [2.75, 3.05) is 7.05 Å². The van der Waals surface area contributed by atoms with Gasteiger partial charge in [-0.1, -0.05) is 0 Å². The van der Waals surface area contributed by atoms with Crippen LogP contribution in [0.25, 0.3) is 0 Å². The fourth-order valence-corrected chi connectivity index (χ4v) is 4.59. The molecule has 0 bridgehead atoms. The predicted octanol–water partition coefficient (Wildman–Crippen LogP) is 3.52. The van der Waals surface area contributed by atoms with Crippen molar-refractivity contribution in [2.24, 2.45) is 0 Å². The molecule has 1 aromatic rings. The van der Waals surface area contributed by atoms with Gasteiger partial charge in [-0.15, -0.1) is 0 Å². The number of carbonyl (C=O) groups is 1. The largest absolute Gasteiger partial charge is 0.479 e. The van der Waals surface area contributed by atoms with E-state index in [9.17, 15) is 26.4 Å². The minimum absolute atomic E-state index is 0.201. The van der Waals surface area contributed by atoms with Crippen LogP contribution in [0.5, 0.6) is 0 Å². The molecule has 1 aromatic carbocycles. The van der Waals surface area contributed by atoms with Gasteiger partial charge >= 0.3 is 12.1 Å². The third-order valence-electron chi connectivity index (χ3n) is 4.99. The molecule has 0 aromatic heterocycles. The van der Waals surface area contributed by atoms with Crippen LogP contribution >= 0.6 is 0 Å². The summed E-state index contributed by atoms with van der Waals surface area (Å²) >= 11 is 0. The number of benzene rings is 1. The molecule has 10 heteroatoms. The monoisotopic (exact) mass is 423 g/mol. The molecule has 0 heterocycles. The molecule has 6 nitrogen and oxygen atoms in total. The molecule has 0 aliphatic heterocycles. The number of aliphatic carboxylic acids is 1. The van der Waals surface area contributed by atoms with Crippen molar-refractivity contribution in [1.29, 1.82) is 0 Å². The summed E-state index contributed by atoms with van der Waals surface area (Å²) in [4.78, 5) is 11.0. The van der Waals surface area contributed by atoms with Crippen molar-refractivity contribution in [3.8, 4) is 0 Å². The van der Waals surface area contributed by atoms with Crippen molar-refractivity contribution >= 4 is 16.0 Å². The highest BCUT2D eigenvalue weighted by atomic mass is 32.2. The van der Waals surface area contributed by atoms with E-state index in [1.807, 2.05) is 0 Å². The molecule has 0 spiro atoms. The van der Waals surface area contributed by atoms with Gasteiger partial charge in [0.05, 0.1) is 16.6 Å². The first-order chi connectivity index (χ1) is 12.7. The second-order valence-electron chi connectivity index (χ2n) is 7.41. The smallest absolute Gasteiger partial charge is 0.416 e. The van der Waals surface area contributed by atoms with Crippen LogP contribution in [0.15, 0.2) is 29.2 Å². The Morgan fingerprint density at radius 2 is 1.61 bits per heavy atom. The number of carboxylic acid groups (broad SMARTS) is 1. The molecule has 1 saturated carbocycles. The molecular weight excluding hydrogens is 399 g/mol. The second kappa shape index (κ2) is 8.00. The number of carboxylic acids is 1. The summed E-state index contributed by atoms with van der Waals surface area (Å²) in [5.74, 6) is -1.07. The van der Waals surface area contributed by atoms with Gasteiger partial charge in [-0.3, -0.25) is 0 Å². The lowest BCUT2D eigenvalue weighted by Crippen LogP contribution is -2.44. The summed E-state index contributed by atoms with van der Waals surface area (Å²) in [6.07, 6.45) is -2.89. The molecule has 0 radical (unpaired) electrons. The topological polar surface area (TPSA) is 83.9 Å². The summed E-state index contributed by atoms with van der Waals surface area (Å²) in [5.41, 5.74) is -2.23. The number of sulfonamides is 1. The average molecular weight is 423 g/mol. The SMILES string of the molecule is CN(C1CCC(OC(C)(C)C(=O)O)CC1)S(=O)(=O)c1ccc(C(F)(F)F)cc1. The molecule has 2 rings (SSSR count). The highest BCUT2D eigenvalue weighted by Crippen LogP contribution is 2.32. The Kier molecular flexibility index (Phi) is 6.47. The van der Waals surface area contributed by atoms with E-state index in [0.717, 1.165) is 24.3 Å². The van der Waals surface area contributed by atoms with Gasteiger partial charge in [-0.25, -0.2) is 13.2 Å². The number of hydrogen-bond acceptors (Lipinski definition) is 4. The third kappa shape index (κ3) is 5.03. The second-order valence-corrected chi connectivity index (χ2v) is 9.40. The maximum Gasteiger partial charge on any atom is 0.416 e. The summed E-state index contributed by atoms with van der Waals surface area (Å²) < 4.78 is 70.2. The van der Waals surface area contributed by atoms with Crippen LogP contribution in [0.3, 0.4) is 0 Å². The first-order valence-electron chi connectivity index (χ1n) is 8.81. The Morgan fingerprint density at radius 3 is 2.04 bits per heavy atom. The maximum atomic E-state index is 12.7. The Labute approximate surface area is 162 Å². The highest BCUT2D eigenvalue weighted by Gasteiger charge is 2.37. The van der Waals surface area contributed by atoms with Gasteiger partial charge in [0, 0.05) is 13.1 Å². The van der Waals surface area contributed by atoms with Crippen LogP contribution in [-0.2, 0) is 25.7 Å².